The summed E-state index contributed by atoms with van der Waals surface area (Å²) in [7, 11) is -8.39. The van der Waals surface area contributed by atoms with Crippen LogP contribution in [0.4, 0.5) is 0 Å². The number of unbranched alkanes of at least 4 members (excludes halogenated alkanes) is 2. The molecule has 0 aromatic heterocycles. The molecule has 2 unspecified atom stereocenters. The largest absolute Gasteiger partial charge is 2.00 e. The second kappa shape index (κ2) is 16.7. The van der Waals surface area contributed by atoms with Crippen molar-refractivity contribution < 1.29 is 37.0 Å². The summed E-state index contributed by atoms with van der Waals surface area (Å²) in [5.74, 6) is 0.541. The van der Waals surface area contributed by atoms with Crippen molar-refractivity contribution in [1.29, 1.82) is 0 Å². The number of para-hydroxylation sites is 2. The third-order valence-corrected chi connectivity index (χ3v) is 5.28. The molecule has 0 amide bonds. The Morgan fingerprint density at radius 3 is 1.29 bits per heavy atom. The maximum Gasteiger partial charge on any atom is 2.00 e. The monoisotopic (exact) mass is 482 g/mol. The van der Waals surface area contributed by atoms with E-state index < -0.39 is 15.6 Å². The van der Waals surface area contributed by atoms with Crippen molar-refractivity contribution in [2.45, 2.75) is 39.5 Å². The summed E-state index contributed by atoms with van der Waals surface area (Å²) in [4.78, 5) is 22.5. The number of benzene rings is 2. The van der Waals surface area contributed by atoms with E-state index in [0.29, 0.717) is 12.8 Å². The van der Waals surface area contributed by atoms with Gasteiger partial charge in [-0.05, 0) is 37.1 Å². The summed E-state index contributed by atoms with van der Waals surface area (Å²) in [5, 5.41) is 0. The molecular formula is C20H28MgO8P2. The van der Waals surface area contributed by atoms with Crippen molar-refractivity contribution in [3.63, 3.8) is 0 Å². The van der Waals surface area contributed by atoms with Gasteiger partial charge in [-0.15, -0.1) is 0 Å². The number of hydrogen-bond donors (Lipinski definition) is 0. The average molecular weight is 483 g/mol. The van der Waals surface area contributed by atoms with E-state index in [4.69, 9.17) is 9.05 Å². The Morgan fingerprint density at radius 1 is 0.677 bits per heavy atom. The van der Waals surface area contributed by atoms with Gasteiger partial charge < -0.3 is 27.9 Å². The maximum absolute atomic E-state index is 11.3. The first-order valence-corrected chi connectivity index (χ1v) is 12.6. The van der Waals surface area contributed by atoms with Gasteiger partial charge in [0.1, 0.15) is 11.5 Å². The Kier molecular flexibility index (Phi) is 16.2. The molecule has 2 aromatic carbocycles. The Morgan fingerprint density at radius 2 is 1.00 bits per heavy atom. The molecular weight excluding hydrogens is 454 g/mol. The first-order valence-electron chi connectivity index (χ1n) is 9.68. The first-order chi connectivity index (χ1) is 14.3. The zero-order chi connectivity index (χ0) is 22.3. The Labute approximate surface area is 200 Å². The quantitative estimate of drug-likeness (QED) is 0.249. The van der Waals surface area contributed by atoms with Gasteiger partial charge in [0, 0.05) is 0 Å². The summed E-state index contributed by atoms with van der Waals surface area (Å²) >= 11 is 0. The van der Waals surface area contributed by atoms with Crippen LogP contribution in [0.2, 0.25) is 0 Å². The van der Waals surface area contributed by atoms with Gasteiger partial charge in [-0.1, -0.05) is 63.1 Å². The average Bonchev–Trinajstić information content (AvgIpc) is 2.69. The fraction of sp³-hybridized carbons (Fsp3) is 0.400. The third-order valence-electron chi connectivity index (χ3n) is 3.42. The molecule has 0 saturated heterocycles. The molecule has 8 nitrogen and oxygen atoms in total. The Balaban J connectivity index is 0.000000562. The minimum atomic E-state index is -4.19. The van der Waals surface area contributed by atoms with Gasteiger partial charge in [-0.2, -0.15) is 0 Å². The molecule has 0 radical (unpaired) electrons. The van der Waals surface area contributed by atoms with Gasteiger partial charge in [-0.25, -0.2) is 0 Å². The SMILES string of the molecule is CCCCOP(=O)([O-])Oc1ccccc1.CCCCOP(=O)([O-])Oc1ccccc1.[Mg+2]. The molecule has 0 aliphatic heterocycles. The standard InChI is InChI=1S/2C10H15O4P.Mg/c2*1-2-3-9-13-15(11,12)14-10-7-5-4-6-8-10;/h2*4-8H,2-3,9H2,1H3,(H,11,12);/q;;+2/p-2. The van der Waals surface area contributed by atoms with Gasteiger partial charge in [0.2, 0.25) is 0 Å². The van der Waals surface area contributed by atoms with Crippen LogP contribution in [-0.2, 0) is 18.2 Å². The van der Waals surface area contributed by atoms with Crippen molar-refractivity contribution in [3.8, 4) is 11.5 Å². The molecule has 0 fully saturated rings. The van der Waals surface area contributed by atoms with E-state index in [0.717, 1.165) is 12.8 Å². The fourth-order valence-corrected chi connectivity index (χ4v) is 3.49. The predicted molar refractivity (Wildman–Crippen MR) is 117 cm³/mol. The van der Waals surface area contributed by atoms with Crippen LogP contribution in [0, 0.1) is 0 Å². The van der Waals surface area contributed by atoms with Crippen molar-refractivity contribution in [2.24, 2.45) is 0 Å². The molecule has 0 aliphatic rings. The van der Waals surface area contributed by atoms with Gasteiger partial charge >= 0.3 is 38.7 Å². The Hall–Kier alpha value is -0.894. The number of phosphoric acid groups is 2. The van der Waals surface area contributed by atoms with Gasteiger partial charge in [0.15, 0.2) is 0 Å². The van der Waals surface area contributed by atoms with Gasteiger partial charge in [-0.3, -0.25) is 9.13 Å². The van der Waals surface area contributed by atoms with Crippen LogP contribution in [-0.4, -0.2) is 36.3 Å². The van der Waals surface area contributed by atoms with Crippen molar-refractivity contribution in [1.82, 2.24) is 0 Å². The van der Waals surface area contributed by atoms with E-state index in [-0.39, 0.29) is 47.8 Å². The van der Waals surface area contributed by atoms with E-state index in [9.17, 15) is 18.9 Å². The van der Waals surface area contributed by atoms with Crippen LogP contribution in [0.3, 0.4) is 0 Å². The minimum absolute atomic E-state index is 0. The topological polar surface area (TPSA) is 117 Å². The van der Waals surface area contributed by atoms with Crippen molar-refractivity contribution in [3.05, 3.63) is 60.7 Å². The van der Waals surface area contributed by atoms with Crippen LogP contribution in [0.1, 0.15) is 39.5 Å². The van der Waals surface area contributed by atoms with E-state index >= 15 is 0 Å². The van der Waals surface area contributed by atoms with Gasteiger partial charge in [0.25, 0.3) is 0 Å². The number of phosphoric ester groups is 2. The normalized spacial score (nSPS) is 14.1. The molecule has 0 bridgehead atoms. The number of hydrogen-bond acceptors (Lipinski definition) is 8. The van der Waals surface area contributed by atoms with Crippen molar-refractivity contribution >= 4 is 38.7 Å². The summed E-state index contributed by atoms with van der Waals surface area (Å²) in [6, 6.07) is 16.6. The van der Waals surface area contributed by atoms with Crippen molar-refractivity contribution in [2.75, 3.05) is 13.2 Å². The van der Waals surface area contributed by atoms with Crippen LogP contribution >= 0.6 is 15.6 Å². The second-order valence-corrected chi connectivity index (χ2v) is 8.75. The van der Waals surface area contributed by atoms with Gasteiger partial charge in [0.05, 0.1) is 13.2 Å². The van der Waals surface area contributed by atoms with Crippen LogP contribution < -0.4 is 18.8 Å². The Bertz CT molecular complexity index is 725. The molecule has 2 rings (SSSR count). The second-order valence-electron chi connectivity index (χ2n) is 6.08. The maximum atomic E-state index is 11.3. The number of rotatable bonds is 12. The molecule has 0 saturated carbocycles. The molecule has 0 N–H and O–H groups in total. The smallest absolute Gasteiger partial charge is 0.746 e. The molecule has 0 aliphatic carbocycles. The molecule has 0 spiro atoms. The molecule has 2 aromatic rings. The zero-order valence-electron chi connectivity index (χ0n) is 17.9. The minimum Gasteiger partial charge on any atom is -0.746 e. The summed E-state index contributed by atoms with van der Waals surface area (Å²) in [5.41, 5.74) is 0. The summed E-state index contributed by atoms with van der Waals surface area (Å²) < 4.78 is 41.3. The molecule has 11 heteroatoms. The van der Waals surface area contributed by atoms with E-state index in [1.807, 2.05) is 13.8 Å². The van der Waals surface area contributed by atoms with E-state index in [1.165, 1.54) is 0 Å². The van der Waals surface area contributed by atoms with E-state index in [2.05, 4.69) is 9.05 Å². The third kappa shape index (κ3) is 15.5. The van der Waals surface area contributed by atoms with Crippen LogP contribution in [0.25, 0.3) is 0 Å². The predicted octanol–water partition coefficient (Wildman–Crippen LogP) is 4.32. The van der Waals surface area contributed by atoms with Crippen LogP contribution in [0.15, 0.2) is 60.7 Å². The summed E-state index contributed by atoms with van der Waals surface area (Å²) in [6.45, 7) is 4.25. The molecule has 31 heavy (non-hydrogen) atoms. The fourth-order valence-electron chi connectivity index (χ4n) is 1.91. The summed E-state index contributed by atoms with van der Waals surface area (Å²) in [6.07, 6.45) is 3.16. The zero-order valence-corrected chi connectivity index (χ0v) is 21.1. The van der Waals surface area contributed by atoms with Crippen LogP contribution in [0.5, 0.6) is 11.5 Å². The molecule has 0 heterocycles. The molecule has 168 valence electrons. The molecule has 2 atom stereocenters. The first kappa shape index (κ1) is 30.1. The van der Waals surface area contributed by atoms with E-state index in [1.54, 1.807) is 60.7 Å².